The molecule has 0 saturated heterocycles. The van der Waals surface area contributed by atoms with Crippen molar-refractivity contribution in [1.29, 1.82) is 0 Å². The van der Waals surface area contributed by atoms with Gasteiger partial charge >= 0.3 is 0 Å². The predicted molar refractivity (Wildman–Crippen MR) is 91.6 cm³/mol. The van der Waals surface area contributed by atoms with E-state index in [4.69, 9.17) is 11.5 Å². The number of hydrogen-bond donors (Lipinski definition) is 2. The molecule has 0 amide bonds. The van der Waals surface area contributed by atoms with E-state index in [-0.39, 0.29) is 0 Å². The third-order valence-corrected chi connectivity index (χ3v) is 3.80. The minimum Gasteiger partial charge on any atom is -0.398 e. The van der Waals surface area contributed by atoms with Gasteiger partial charge in [0.2, 0.25) is 0 Å². The third-order valence-electron chi connectivity index (χ3n) is 3.80. The Labute approximate surface area is 130 Å². The Morgan fingerprint density at radius 3 is 1.86 bits per heavy atom. The molecule has 0 spiro atoms. The topological polar surface area (TPSA) is 64.9 Å². The smallest absolute Gasteiger partial charge is 0.128 e. The molecular weight excluding hydrogens is 270 g/mol. The molecule has 0 radical (unpaired) electrons. The van der Waals surface area contributed by atoms with Gasteiger partial charge in [-0.05, 0) is 16.7 Å². The van der Waals surface area contributed by atoms with Crippen LogP contribution in [0.15, 0.2) is 66.9 Å². The van der Waals surface area contributed by atoms with E-state index < -0.39 is 0 Å². The summed E-state index contributed by atoms with van der Waals surface area (Å²) < 4.78 is 0. The molecule has 0 aliphatic carbocycles. The quantitative estimate of drug-likeness (QED) is 0.773. The first-order chi connectivity index (χ1) is 10.7. The zero-order valence-corrected chi connectivity index (χ0v) is 12.4. The van der Waals surface area contributed by atoms with E-state index in [9.17, 15) is 0 Å². The first-order valence-electron chi connectivity index (χ1n) is 7.33. The number of aromatic nitrogens is 1. The van der Waals surface area contributed by atoms with E-state index >= 15 is 0 Å². The summed E-state index contributed by atoms with van der Waals surface area (Å²) in [5.41, 5.74) is 17.5. The summed E-state index contributed by atoms with van der Waals surface area (Å²) in [4.78, 5) is 4.33. The van der Waals surface area contributed by atoms with Gasteiger partial charge in [0.15, 0.2) is 0 Å². The van der Waals surface area contributed by atoms with E-state index in [1.807, 2.05) is 36.4 Å². The summed E-state index contributed by atoms with van der Waals surface area (Å²) in [5.74, 6) is 0.512. The zero-order valence-electron chi connectivity index (χ0n) is 12.4. The molecule has 3 nitrogen and oxygen atoms in total. The largest absolute Gasteiger partial charge is 0.398 e. The highest BCUT2D eigenvalue weighted by molar-refractivity contribution is 5.63. The maximum atomic E-state index is 6.36. The summed E-state index contributed by atoms with van der Waals surface area (Å²) in [5, 5.41) is 0. The molecule has 4 N–H and O–H groups in total. The minimum atomic E-state index is 0.512. The molecule has 1 aromatic heterocycles. The van der Waals surface area contributed by atoms with Gasteiger partial charge in [-0.15, -0.1) is 0 Å². The fourth-order valence-electron chi connectivity index (χ4n) is 2.57. The molecule has 0 unspecified atom stereocenters. The summed E-state index contributed by atoms with van der Waals surface area (Å²) >= 11 is 0. The van der Waals surface area contributed by atoms with Crippen LogP contribution in [-0.2, 0) is 12.8 Å². The highest BCUT2D eigenvalue weighted by Gasteiger charge is 2.11. The van der Waals surface area contributed by atoms with Crippen molar-refractivity contribution < 1.29 is 0 Å². The van der Waals surface area contributed by atoms with Crippen molar-refractivity contribution in [3.8, 4) is 0 Å². The minimum absolute atomic E-state index is 0.512. The van der Waals surface area contributed by atoms with E-state index in [2.05, 4.69) is 29.2 Å². The van der Waals surface area contributed by atoms with Crippen molar-refractivity contribution in [2.45, 2.75) is 12.8 Å². The van der Waals surface area contributed by atoms with Gasteiger partial charge in [0.1, 0.15) is 5.82 Å². The molecule has 0 aliphatic heterocycles. The Morgan fingerprint density at radius 1 is 0.727 bits per heavy atom. The molecule has 2 aromatic carbocycles. The van der Waals surface area contributed by atoms with Crippen molar-refractivity contribution in [2.24, 2.45) is 0 Å². The Bertz CT molecular complexity index is 752. The van der Waals surface area contributed by atoms with Crippen LogP contribution in [0.4, 0.5) is 11.5 Å². The number of pyridine rings is 1. The van der Waals surface area contributed by atoms with Crippen LogP contribution < -0.4 is 11.5 Å². The Morgan fingerprint density at radius 2 is 1.27 bits per heavy atom. The van der Waals surface area contributed by atoms with Gasteiger partial charge < -0.3 is 11.5 Å². The van der Waals surface area contributed by atoms with Crippen LogP contribution >= 0.6 is 0 Å². The van der Waals surface area contributed by atoms with Crippen LogP contribution in [0, 0.1) is 0 Å². The molecule has 0 atom stereocenters. The van der Waals surface area contributed by atoms with Crippen molar-refractivity contribution >= 4 is 11.5 Å². The van der Waals surface area contributed by atoms with E-state index in [1.165, 1.54) is 11.1 Å². The van der Waals surface area contributed by atoms with Crippen molar-refractivity contribution in [2.75, 3.05) is 11.5 Å². The molecule has 0 aliphatic rings. The average Bonchev–Trinajstić information content (AvgIpc) is 2.56. The first-order valence-corrected chi connectivity index (χ1v) is 7.33. The number of nitrogen functional groups attached to an aromatic ring is 2. The lowest BCUT2D eigenvalue weighted by Gasteiger charge is -2.13. The lowest BCUT2D eigenvalue weighted by atomic mass is 9.98. The normalized spacial score (nSPS) is 10.5. The van der Waals surface area contributed by atoms with E-state index in [1.54, 1.807) is 6.20 Å². The second kappa shape index (κ2) is 6.31. The van der Waals surface area contributed by atoms with Crippen LogP contribution in [0.2, 0.25) is 0 Å². The van der Waals surface area contributed by atoms with Crippen molar-refractivity contribution in [3.63, 3.8) is 0 Å². The van der Waals surface area contributed by atoms with Gasteiger partial charge in [-0.3, -0.25) is 0 Å². The maximum absolute atomic E-state index is 6.36. The SMILES string of the molecule is Nc1ncc(Cc2ccccc2)c(N)c1Cc1ccccc1. The third kappa shape index (κ3) is 3.09. The van der Waals surface area contributed by atoms with Crippen LogP contribution in [0.5, 0.6) is 0 Å². The molecular formula is C19H19N3. The van der Waals surface area contributed by atoms with Gasteiger partial charge in [0.25, 0.3) is 0 Å². The molecule has 0 fully saturated rings. The number of nitrogens with two attached hydrogens (primary N) is 2. The standard InChI is InChI=1S/C19H19N3/c20-18-16(11-14-7-3-1-4-8-14)13-22-19(21)17(18)12-15-9-5-2-6-10-15/h1-10,13H,11-12H2,(H4,20,21,22). The first kappa shape index (κ1) is 14.1. The summed E-state index contributed by atoms with van der Waals surface area (Å²) in [7, 11) is 0. The van der Waals surface area contributed by atoms with Gasteiger partial charge in [0.05, 0.1) is 0 Å². The highest BCUT2D eigenvalue weighted by Crippen LogP contribution is 2.26. The monoisotopic (exact) mass is 289 g/mol. The van der Waals surface area contributed by atoms with Gasteiger partial charge in [-0.25, -0.2) is 4.98 Å². The molecule has 0 saturated carbocycles. The van der Waals surface area contributed by atoms with Crippen molar-refractivity contribution in [1.82, 2.24) is 4.98 Å². The number of hydrogen-bond acceptors (Lipinski definition) is 3. The molecule has 110 valence electrons. The molecule has 22 heavy (non-hydrogen) atoms. The number of anilines is 2. The van der Waals surface area contributed by atoms with Crippen LogP contribution in [-0.4, -0.2) is 4.98 Å². The predicted octanol–water partition coefficient (Wildman–Crippen LogP) is 3.43. The highest BCUT2D eigenvalue weighted by atomic mass is 14.8. The number of nitrogens with zero attached hydrogens (tertiary/aromatic N) is 1. The number of benzene rings is 2. The maximum Gasteiger partial charge on any atom is 0.128 e. The van der Waals surface area contributed by atoms with E-state index in [0.29, 0.717) is 12.2 Å². The van der Waals surface area contributed by atoms with Crippen LogP contribution in [0.3, 0.4) is 0 Å². The molecule has 3 rings (SSSR count). The van der Waals surface area contributed by atoms with Crippen LogP contribution in [0.25, 0.3) is 0 Å². The fourth-order valence-corrected chi connectivity index (χ4v) is 2.57. The summed E-state index contributed by atoms with van der Waals surface area (Å²) in [6.45, 7) is 0. The molecule has 3 heteroatoms. The van der Waals surface area contributed by atoms with E-state index in [0.717, 1.165) is 23.2 Å². The van der Waals surface area contributed by atoms with Crippen molar-refractivity contribution in [3.05, 3.63) is 89.1 Å². The van der Waals surface area contributed by atoms with Crippen LogP contribution in [0.1, 0.15) is 22.3 Å². The van der Waals surface area contributed by atoms with Gasteiger partial charge in [-0.1, -0.05) is 60.7 Å². The molecule has 0 bridgehead atoms. The second-order valence-electron chi connectivity index (χ2n) is 5.39. The Balaban J connectivity index is 1.92. The molecule has 3 aromatic rings. The van der Waals surface area contributed by atoms with Gasteiger partial charge in [-0.2, -0.15) is 0 Å². The summed E-state index contributed by atoms with van der Waals surface area (Å²) in [6.07, 6.45) is 3.25. The second-order valence-corrected chi connectivity index (χ2v) is 5.39. The molecule has 1 heterocycles. The summed E-state index contributed by atoms with van der Waals surface area (Å²) in [6, 6.07) is 20.4. The Kier molecular flexibility index (Phi) is 4.05. The lowest BCUT2D eigenvalue weighted by Crippen LogP contribution is -2.07. The lowest BCUT2D eigenvalue weighted by molar-refractivity contribution is 1.10. The number of rotatable bonds is 4. The fraction of sp³-hybridized carbons (Fsp3) is 0.105. The Hall–Kier alpha value is -2.81. The van der Waals surface area contributed by atoms with Gasteiger partial charge in [0, 0.05) is 30.3 Å². The average molecular weight is 289 g/mol. The zero-order chi connectivity index (χ0) is 15.4.